The summed E-state index contributed by atoms with van der Waals surface area (Å²) < 4.78 is 1.81. The van der Waals surface area contributed by atoms with Crippen LogP contribution in [0.3, 0.4) is 0 Å². The zero-order valence-corrected chi connectivity index (χ0v) is 13.8. The third-order valence-corrected chi connectivity index (χ3v) is 4.02. The van der Waals surface area contributed by atoms with Crippen LogP contribution in [0.15, 0.2) is 18.2 Å². The Morgan fingerprint density at radius 3 is 2.52 bits per heavy atom. The number of hydrogen-bond acceptors (Lipinski definition) is 3. The molecule has 1 amide bonds. The number of carbonyl (C=O) groups is 2. The largest absolute Gasteiger partial charge is 0.478 e. The molecule has 0 aliphatic carbocycles. The highest BCUT2D eigenvalue weighted by Gasteiger charge is 2.13. The number of hydrogen-bond donors (Lipinski definition) is 2. The Balaban J connectivity index is 2.05. The van der Waals surface area contributed by atoms with E-state index in [2.05, 4.69) is 10.4 Å². The number of rotatable bonds is 5. The van der Waals surface area contributed by atoms with Crippen molar-refractivity contribution in [3.63, 3.8) is 0 Å². The van der Waals surface area contributed by atoms with Crippen LogP contribution in [0, 0.1) is 20.8 Å². The average molecular weight is 315 g/mol. The van der Waals surface area contributed by atoms with Gasteiger partial charge in [0, 0.05) is 24.8 Å². The van der Waals surface area contributed by atoms with Gasteiger partial charge in [0.1, 0.15) is 0 Å². The minimum absolute atomic E-state index is 0.140. The topological polar surface area (TPSA) is 84.2 Å². The first-order valence-corrected chi connectivity index (χ1v) is 7.42. The van der Waals surface area contributed by atoms with Gasteiger partial charge in [0.05, 0.1) is 11.3 Å². The lowest BCUT2D eigenvalue weighted by Crippen LogP contribution is -2.14. The van der Waals surface area contributed by atoms with E-state index < -0.39 is 5.97 Å². The van der Waals surface area contributed by atoms with Crippen LogP contribution in [0.25, 0.3) is 0 Å². The van der Waals surface area contributed by atoms with Gasteiger partial charge in [-0.2, -0.15) is 5.10 Å². The minimum atomic E-state index is -1.01. The van der Waals surface area contributed by atoms with E-state index in [1.165, 1.54) is 12.1 Å². The number of aromatic nitrogens is 2. The molecule has 2 aromatic rings. The van der Waals surface area contributed by atoms with Crippen LogP contribution in [-0.4, -0.2) is 26.8 Å². The van der Waals surface area contributed by atoms with Crippen molar-refractivity contribution >= 4 is 17.6 Å². The molecule has 0 spiro atoms. The Labute approximate surface area is 135 Å². The number of benzene rings is 1. The number of aryl methyl sites for hydroxylation is 3. The summed E-state index contributed by atoms with van der Waals surface area (Å²) >= 11 is 0. The van der Waals surface area contributed by atoms with Gasteiger partial charge in [-0.25, -0.2) is 4.79 Å². The summed E-state index contributed by atoms with van der Waals surface area (Å²) in [6.45, 7) is 5.74. The predicted octanol–water partition coefficient (Wildman–Crippen LogP) is 2.61. The second kappa shape index (κ2) is 6.64. The predicted molar refractivity (Wildman–Crippen MR) is 87.8 cm³/mol. The summed E-state index contributed by atoms with van der Waals surface area (Å²) in [6, 6.07) is 4.69. The number of anilines is 1. The lowest BCUT2D eigenvalue weighted by Gasteiger charge is -2.09. The van der Waals surface area contributed by atoms with Crippen LogP contribution in [0.2, 0.25) is 0 Å². The molecule has 6 nitrogen and oxygen atoms in total. The molecule has 1 heterocycles. The maximum Gasteiger partial charge on any atom is 0.335 e. The van der Waals surface area contributed by atoms with E-state index >= 15 is 0 Å². The molecule has 0 bridgehead atoms. The zero-order valence-electron chi connectivity index (χ0n) is 13.8. The van der Waals surface area contributed by atoms with Crippen LogP contribution in [0.1, 0.15) is 39.3 Å². The number of carbonyl (C=O) groups excluding carboxylic acids is 1. The number of carboxylic acids is 1. The summed E-state index contributed by atoms with van der Waals surface area (Å²) in [5.74, 6) is -1.15. The molecule has 0 saturated heterocycles. The smallest absolute Gasteiger partial charge is 0.335 e. The number of nitrogens with one attached hydrogen (secondary N) is 1. The summed E-state index contributed by atoms with van der Waals surface area (Å²) in [5.41, 5.74) is 4.59. The second-order valence-electron chi connectivity index (χ2n) is 5.66. The van der Waals surface area contributed by atoms with Gasteiger partial charge < -0.3 is 10.4 Å². The minimum Gasteiger partial charge on any atom is -0.478 e. The maximum absolute atomic E-state index is 12.2. The average Bonchev–Trinajstić information content (AvgIpc) is 2.72. The Kier molecular flexibility index (Phi) is 4.83. The summed E-state index contributed by atoms with van der Waals surface area (Å²) in [7, 11) is 1.88. The highest BCUT2D eigenvalue weighted by Crippen LogP contribution is 2.18. The fourth-order valence-corrected chi connectivity index (χ4v) is 2.52. The molecule has 0 aliphatic heterocycles. The van der Waals surface area contributed by atoms with Crippen molar-refractivity contribution in [1.82, 2.24) is 9.78 Å². The molecule has 0 unspecified atom stereocenters. The number of amides is 1. The Bertz CT molecular complexity index is 763. The summed E-state index contributed by atoms with van der Waals surface area (Å²) in [6.07, 6.45) is 0.930. The maximum atomic E-state index is 12.2. The fraction of sp³-hybridized carbons (Fsp3) is 0.353. The Hall–Kier alpha value is -2.63. The Morgan fingerprint density at radius 1 is 1.26 bits per heavy atom. The molecule has 6 heteroatoms. The molecule has 0 aliphatic rings. The van der Waals surface area contributed by atoms with Crippen molar-refractivity contribution in [3.05, 3.63) is 46.3 Å². The van der Waals surface area contributed by atoms with Crippen LogP contribution in [0.5, 0.6) is 0 Å². The summed E-state index contributed by atoms with van der Waals surface area (Å²) in [4.78, 5) is 23.2. The highest BCUT2D eigenvalue weighted by molar-refractivity contribution is 5.94. The van der Waals surface area contributed by atoms with Crippen LogP contribution < -0.4 is 5.32 Å². The van der Waals surface area contributed by atoms with Crippen molar-refractivity contribution in [1.29, 1.82) is 0 Å². The molecule has 0 radical (unpaired) electrons. The van der Waals surface area contributed by atoms with Gasteiger partial charge in [-0.05, 0) is 50.5 Å². The fourth-order valence-electron chi connectivity index (χ4n) is 2.52. The SMILES string of the molecule is Cc1ccc(C(=O)O)cc1NC(=O)CCc1c(C)nn(C)c1C. The monoisotopic (exact) mass is 315 g/mol. The number of carboxylic acid groups (broad SMARTS) is 1. The van der Waals surface area contributed by atoms with Crippen LogP contribution >= 0.6 is 0 Å². The quantitative estimate of drug-likeness (QED) is 0.888. The van der Waals surface area contributed by atoms with Gasteiger partial charge in [0.15, 0.2) is 0 Å². The van der Waals surface area contributed by atoms with E-state index in [0.29, 0.717) is 18.5 Å². The van der Waals surface area contributed by atoms with Crippen molar-refractivity contribution < 1.29 is 14.7 Å². The first-order valence-electron chi connectivity index (χ1n) is 7.42. The molecule has 0 atom stereocenters. The molecule has 0 fully saturated rings. The van der Waals surface area contributed by atoms with Crippen molar-refractivity contribution in [2.24, 2.45) is 7.05 Å². The van der Waals surface area contributed by atoms with E-state index in [9.17, 15) is 9.59 Å². The van der Waals surface area contributed by atoms with E-state index in [1.807, 2.05) is 32.5 Å². The number of aromatic carboxylic acids is 1. The highest BCUT2D eigenvalue weighted by atomic mass is 16.4. The summed E-state index contributed by atoms with van der Waals surface area (Å²) in [5, 5.41) is 16.2. The molecule has 23 heavy (non-hydrogen) atoms. The van der Waals surface area contributed by atoms with Gasteiger partial charge in [0.25, 0.3) is 0 Å². The van der Waals surface area contributed by atoms with Gasteiger partial charge >= 0.3 is 5.97 Å². The molecule has 0 saturated carbocycles. The van der Waals surface area contributed by atoms with E-state index in [-0.39, 0.29) is 11.5 Å². The van der Waals surface area contributed by atoms with Gasteiger partial charge in [-0.1, -0.05) is 6.07 Å². The standard InChI is InChI=1S/C17H21N3O3/c1-10-5-6-13(17(22)23)9-15(10)18-16(21)8-7-14-11(2)19-20(4)12(14)3/h5-6,9H,7-8H2,1-4H3,(H,18,21)(H,22,23). The Morgan fingerprint density at radius 2 is 1.96 bits per heavy atom. The van der Waals surface area contributed by atoms with Crippen molar-refractivity contribution in [3.8, 4) is 0 Å². The molecule has 2 N–H and O–H groups in total. The van der Waals surface area contributed by atoms with E-state index in [4.69, 9.17) is 5.11 Å². The lowest BCUT2D eigenvalue weighted by molar-refractivity contribution is -0.116. The first kappa shape index (κ1) is 16.7. The lowest BCUT2D eigenvalue weighted by atomic mass is 10.1. The van der Waals surface area contributed by atoms with E-state index in [1.54, 1.807) is 6.07 Å². The molecular weight excluding hydrogens is 294 g/mol. The first-order chi connectivity index (χ1) is 10.8. The van der Waals surface area contributed by atoms with Crippen molar-refractivity contribution in [2.75, 3.05) is 5.32 Å². The molecule has 1 aromatic carbocycles. The third-order valence-electron chi connectivity index (χ3n) is 4.02. The van der Waals surface area contributed by atoms with E-state index in [0.717, 1.165) is 22.5 Å². The van der Waals surface area contributed by atoms with Crippen molar-refractivity contribution in [2.45, 2.75) is 33.6 Å². The molecular formula is C17H21N3O3. The molecule has 2 rings (SSSR count). The van der Waals surface area contributed by atoms with Gasteiger partial charge in [0.2, 0.25) is 5.91 Å². The van der Waals surface area contributed by atoms with Crippen LogP contribution in [0.4, 0.5) is 5.69 Å². The molecule has 1 aromatic heterocycles. The third kappa shape index (κ3) is 3.77. The second-order valence-corrected chi connectivity index (χ2v) is 5.66. The number of nitrogens with zero attached hydrogens (tertiary/aromatic N) is 2. The van der Waals surface area contributed by atoms with Gasteiger partial charge in [-0.3, -0.25) is 9.48 Å². The molecule has 122 valence electrons. The zero-order chi connectivity index (χ0) is 17.1. The normalized spacial score (nSPS) is 10.6. The van der Waals surface area contributed by atoms with Gasteiger partial charge in [-0.15, -0.1) is 0 Å². The van der Waals surface area contributed by atoms with Crippen LogP contribution in [-0.2, 0) is 18.3 Å².